The van der Waals surface area contributed by atoms with Crippen molar-refractivity contribution in [1.29, 1.82) is 0 Å². The minimum absolute atomic E-state index is 0.145. The monoisotopic (exact) mass is 319 g/mol. The number of benzene rings is 1. The van der Waals surface area contributed by atoms with Gasteiger partial charge in [-0.3, -0.25) is 4.79 Å². The van der Waals surface area contributed by atoms with Crippen LogP contribution >= 0.6 is 11.6 Å². The van der Waals surface area contributed by atoms with Gasteiger partial charge in [-0.1, -0.05) is 11.6 Å². The zero-order valence-electron chi connectivity index (χ0n) is 13.1. The number of H-pyrrole nitrogens is 1. The first-order valence-electron chi connectivity index (χ1n) is 7.73. The van der Waals surface area contributed by atoms with Crippen molar-refractivity contribution in [2.75, 3.05) is 27.2 Å². The molecule has 5 heteroatoms. The molecule has 1 aliphatic carbocycles. The van der Waals surface area contributed by atoms with Gasteiger partial charge in [-0.2, -0.15) is 0 Å². The molecule has 2 aromatic rings. The molecule has 0 aliphatic heterocycles. The van der Waals surface area contributed by atoms with Crippen LogP contribution < -0.4 is 5.32 Å². The van der Waals surface area contributed by atoms with E-state index in [0.29, 0.717) is 5.02 Å². The molecule has 4 nitrogen and oxygen atoms in total. The molecule has 1 fully saturated rings. The van der Waals surface area contributed by atoms with Crippen LogP contribution in [0.1, 0.15) is 24.8 Å². The first-order valence-corrected chi connectivity index (χ1v) is 8.11. The average Bonchev–Trinajstić information content (AvgIpc) is 3.18. The molecular weight excluding hydrogens is 298 g/mol. The standard InChI is InChI=1S/C17H22ClN3O/c1-21(2)9-3-8-19-16(22)17(6-7-17)14-11-20-15-5-4-12(18)10-13(14)15/h4-5,10-11,20H,3,6-9H2,1-2H3,(H,19,22). The number of rotatable bonds is 6. The predicted molar refractivity (Wildman–Crippen MR) is 90.4 cm³/mol. The molecule has 0 radical (unpaired) electrons. The van der Waals surface area contributed by atoms with Crippen molar-refractivity contribution in [3.05, 3.63) is 35.0 Å². The zero-order chi connectivity index (χ0) is 15.7. The van der Waals surface area contributed by atoms with Gasteiger partial charge in [0.15, 0.2) is 0 Å². The second kappa shape index (κ2) is 5.94. The maximum absolute atomic E-state index is 12.6. The molecule has 2 N–H and O–H groups in total. The van der Waals surface area contributed by atoms with Gasteiger partial charge in [0.05, 0.1) is 5.41 Å². The lowest BCUT2D eigenvalue weighted by molar-refractivity contribution is -0.123. The number of fused-ring (bicyclic) bond motifs is 1. The Balaban J connectivity index is 1.75. The third kappa shape index (κ3) is 2.85. The fourth-order valence-electron chi connectivity index (χ4n) is 3.00. The summed E-state index contributed by atoms with van der Waals surface area (Å²) in [4.78, 5) is 18.0. The number of hydrogen-bond acceptors (Lipinski definition) is 2. The molecular formula is C17H22ClN3O. The van der Waals surface area contributed by atoms with E-state index >= 15 is 0 Å². The number of halogens is 1. The maximum atomic E-state index is 12.6. The van der Waals surface area contributed by atoms with Gasteiger partial charge < -0.3 is 15.2 Å². The van der Waals surface area contributed by atoms with Crippen molar-refractivity contribution in [2.45, 2.75) is 24.7 Å². The van der Waals surface area contributed by atoms with Crippen LogP contribution in [0.15, 0.2) is 24.4 Å². The van der Waals surface area contributed by atoms with E-state index in [9.17, 15) is 4.79 Å². The molecule has 1 saturated carbocycles. The average molecular weight is 320 g/mol. The summed E-state index contributed by atoms with van der Waals surface area (Å²) >= 11 is 6.11. The Morgan fingerprint density at radius 1 is 1.41 bits per heavy atom. The minimum atomic E-state index is -0.360. The second-order valence-electron chi connectivity index (χ2n) is 6.39. The first kappa shape index (κ1) is 15.4. The molecule has 22 heavy (non-hydrogen) atoms. The van der Waals surface area contributed by atoms with Gasteiger partial charge in [0.1, 0.15) is 0 Å². The van der Waals surface area contributed by atoms with Gasteiger partial charge >= 0.3 is 0 Å². The Kier molecular flexibility index (Phi) is 4.15. The molecule has 1 amide bonds. The van der Waals surface area contributed by atoms with E-state index in [1.165, 1.54) is 0 Å². The van der Waals surface area contributed by atoms with E-state index in [4.69, 9.17) is 11.6 Å². The summed E-state index contributed by atoms with van der Waals surface area (Å²) in [6.07, 6.45) is 4.75. The summed E-state index contributed by atoms with van der Waals surface area (Å²) in [7, 11) is 4.08. The highest BCUT2D eigenvalue weighted by Gasteiger charge is 2.52. The number of nitrogens with zero attached hydrogens (tertiary/aromatic N) is 1. The Hall–Kier alpha value is -1.52. The van der Waals surface area contributed by atoms with Crippen LogP contribution in [0.5, 0.6) is 0 Å². The summed E-state index contributed by atoms with van der Waals surface area (Å²) in [5.41, 5.74) is 1.75. The van der Waals surface area contributed by atoms with Gasteiger partial charge in [-0.25, -0.2) is 0 Å². The predicted octanol–water partition coefficient (Wildman–Crippen LogP) is 2.92. The smallest absolute Gasteiger partial charge is 0.230 e. The highest BCUT2D eigenvalue weighted by Crippen LogP contribution is 2.50. The fourth-order valence-corrected chi connectivity index (χ4v) is 3.17. The Morgan fingerprint density at radius 2 is 2.18 bits per heavy atom. The number of aromatic amines is 1. The molecule has 0 spiro atoms. The minimum Gasteiger partial charge on any atom is -0.361 e. The largest absolute Gasteiger partial charge is 0.361 e. The van der Waals surface area contributed by atoms with Gasteiger partial charge in [-0.15, -0.1) is 0 Å². The van der Waals surface area contributed by atoms with Crippen molar-refractivity contribution in [3.63, 3.8) is 0 Å². The lowest BCUT2D eigenvalue weighted by Gasteiger charge is -2.16. The van der Waals surface area contributed by atoms with Crippen LogP contribution in [-0.2, 0) is 10.2 Å². The maximum Gasteiger partial charge on any atom is 0.230 e. The first-order chi connectivity index (χ1) is 10.5. The van der Waals surface area contributed by atoms with Crippen LogP contribution in [0.4, 0.5) is 0 Å². The Labute approximate surface area is 135 Å². The third-order valence-corrected chi connectivity index (χ3v) is 4.65. The van der Waals surface area contributed by atoms with Crippen LogP contribution in [0.25, 0.3) is 10.9 Å². The van der Waals surface area contributed by atoms with Gasteiger partial charge in [-0.05, 0) is 63.7 Å². The SMILES string of the molecule is CN(C)CCCNC(=O)C1(c2c[nH]c3ccc(Cl)cc23)CC1. The van der Waals surface area contributed by atoms with E-state index in [2.05, 4.69) is 15.2 Å². The van der Waals surface area contributed by atoms with Gasteiger partial charge in [0.25, 0.3) is 0 Å². The van der Waals surface area contributed by atoms with Crippen LogP contribution in [0, 0.1) is 0 Å². The second-order valence-corrected chi connectivity index (χ2v) is 6.82. The Morgan fingerprint density at radius 3 is 2.86 bits per heavy atom. The van der Waals surface area contributed by atoms with Gasteiger partial charge in [0, 0.05) is 28.7 Å². The molecule has 1 aliphatic rings. The van der Waals surface area contributed by atoms with Gasteiger partial charge in [0.2, 0.25) is 5.91 Å². The molecule has 118 valence electrons. The number of carbonyl (C=O) groups is 1. The number of amides is 1. The summed E-state index contributed by atoms with van der Waals surface area (Å²) in [5, 5.41) is 4.86. The molecule has 0 unspecified atom stereocenters. The topological polar surface area (TPSA) is 48.1 Å². The van der Waals surface area contributed by atoms with Crippen LogP contribution in [0.3, 0.4) is 0 Å². The van der Waals surface area contributed by atoms with Crippen molar-refractivity contribution in [3.8, 4) is 0 Å². The molecule has 0 saturated heterocycles. The van der Waals surface area contributed by atoms with Crippen LogP contribution in [0.2, 0.25) is 5.02 Å². The van der Waals surface area contributed by atoms with E-state index in [0.717, 1.165) is 48.8 Å². The van der Waals surface area contributed by atoms with Crippen molar-refractivity contribution in [2.24, 2.45) is 0 Å². The van der Waals surface area contributed by atoms with E-state index < -0.39 is 0 Å². The summed E-state index contributed by atoms with van der Waals surface area (Å²) in [5.74, 6) is 0.145. The highest BCUT2D eigenvalue weighted by atomic mass is 35.5. The highest BCUT2D eigenvalue weighted by molar-refractivity contribution is 6.31. The molecule has 0 bridgehead atoms. The summed E-state index contributed by atoms with van der Waals surface area (Å²) in [6.45, 7) is 1.71. The summed E-state index contributed by atoms with van der Waals surface area (Å²) < 4.78 is 0. The normalized spacial score (nSPS) is 16.2. The molecule has 3 rings (SSSR count). The number of carbonyl (C=O) groups excluding carboxylic acids is 1. The van der Waals surface area contributed by atoms with E-state index in [1.807, 2.05) is 38.5 Å². The molecule has 1 aromatic heterocycles. The Bertz CT molecular complexity index is 688. The van der Waals surface area contributed by atoms with Crippen molar-refractivity contribution < 1.29 is 4.79 Å². The van der Waals surface area contributed by atoms with Crippen molar-refractivity contribution in [1.82, 2.24) is 15.2 Å². The molecule has 1 aromatic carbocycles. The lowest BCUT2D eigenvalue weighted by atomic mass is 9.94. The molecule has 1 heterocycles. The number of hydrogen-bond donors (Lipinski definition) is 2. The quantitative estimate of drug-likeness (QED) is 0.804. The fraction of sp³-hybridized carbons (Fsp3) is 0.471. The summed E-state index contributed by atoms with van der Waals surface area (Å²) in [6, 6.07) is 5.78. The third-order valence-electron chi connectivity index (χ3n) is 4.41. The zero-order valence-corrected chi connectivity index (χ0v) is 13.8. The lowest BCUT2D eigenvalue weighted by Crippen LogP contribution is -2.36. The van der Waals surface area contributed by atoms with E-state index in [1.54, 1.807) is 0 Å². The van der Waals surface area contributed by atoms with E-state index in [-0.39, 0.29) is 11.3 Å². The number of aromatic nitrogens is 1. The van der Waals surface area contributed by atoms with Crippen LogP contribution in [-0.4, -0.2) is 43.0 Å². The van der Waals surface area contributed by atoms with Crippen molar-refractivity contribution >= 4 is 28.4 Å². The molecule has 0 atom stereocenters. The number of nitrogens with one attached hydrogen (secondary N) is 2.